The summed E-state index contributed by atoms with van der Waals surface area (Å²) in [6, 6.07) is 18.6. The number of fused-ring (bicyclic) bond motifs is 2. The van der Waals surface area contributed by atoms with E-state index < -0.39 is 0 Å². The van der Waals surface area contributed by atoms with Crippen molar-refractivity contribution in [2.75, 3.05) is 0 Å². The maximum Gasteiger partial charge on any atom is 0.143 e. The molecule has 0 radical (unpaired) electrons. The van der Waals surface area contributed by atoms with Crippen molar-refractivity contribution < 1.29 is 0 Å². The van der Waals surface area contributed by atoms with Crippen LogP contribution in [0.4, 0.5) is 0 Å². The molecule has 4 aromatic rings. The molecule has 0 aliphatic heterocycles. The Kier molecular flexibility index (Phi) is 3.62. The fourth-order valence-electron chi connectivity index (χ4n) is 2.44. The minimum absolute atomic E-state index is 0. The summed E-state index contributed by atoms with van der Waals surface area (Å²) in [4.78, 5) is 9.44. The van der Waals surface area contributed by atoms with E-state index >= 15 is 0 Å². The van der Waals surface area contributed by atoms with Crippen LogP contribution in [0.25, 0.3) is 31.8 Å². The molecule has 104 valence electrons. The number of thiazole rings is 1. The van der Waals surface area contributed by atoms with Crippen molar-refractivity contribution in [2.24, 2.45) is 0 Å². The van der Waals surface area contributed by atoms with Gasteiger partial charge in [-0.2, -0.15) is 0 Å². The first-order valence-electron chi connectivity index (χ1n) is 6.53. The lowest BCUT2D eigenvalue weighted by molar-refractivity contribution is 1.34. The molecule has 0 fully saturated rings. The van der Waals surface area contributed by atoms with Gasteiger partial charge in [-0.15, -0.1) is 23.7 Å². The predicted octanol–water partition coefficient (Wildman–Crippen LogP) is 5.24. The molecule has 4 heteroatoms. The summed E-state index contributed by atoms with van der Waals surface area (Å²) in [7, 11) is 0. The Morgan fingerprint density at radius 1 is 0.857 bits per heavy atom. The molecule has 0 saturated carbocycles. The topological polar surface area (TPSA) is 25.8 Å². The summed E-state index contributed by atoms with van der Waals surface area (Å²) >= 11 is 1.69. The summed E-state index contributed by atoms with van der Waals surface area (Å²) in [6.45, 7) is 2.13. The van der Waals surface area contributed by atoms with Crippen molar-refractivity contribution in [3.8, 4) is 10.7 Å². The van der Waals surface area contributed by atoms with Crippen LogP contribution in [0, 0.1) is 6.92 Å². The summed E-state index contributed by atoms with van der Waals surface area (Å²) in [5.74, 6) is 0. The second-order valence-electron chi connectivity index (χ2n) is 4.83. The molecule has 0 saturated heterocycles. The summed E-state index contributed by atoms with van der Waals surface area (Å²) < 4.78 is 1.20. The maximum atomic E-state index is 4.75. The number of rotatable bonds is 1. The molecule has 0 bridgehead atoms. The van der Waals surface area contributed by atoms with Crippen LogP contribution in [-0.4, -0.2) is 9.97 Å². The number of aryl methyl sites for hydroxylation is 1. The average molecular weight is 313 g/mol. The highest BCUT2D eigenvalue weighted by Gasteiger charge is 2.09. The zero-order chi connectivity index (χ0) is 13.5. The van der Waals surface area contributed by atoms with Crippen LogP contribution in [0.15, 0.2) is 54.6 Å². The number of nitrogens with zero attached hydrogens (tertiary/aromatic N) is 2. The van der Waals surface area contributed by atoms with Crippen molar-refractivity contribution in [1.82, 2.24) is 9.97 Å². The highest BCUT2D eigenvalue weighted by Crippen LogP contribution is 2.31. The fourth-order valence-corrected chi connectivity index (χ4v) is 3.37. The van der Waals surface area contributed by atoms with Crippen molar-refractivity contribution in [2.45, 2.75) is 6.92 Å². The Hall–Kier alpha value is -1.97. The van der Waals surface area contributed by atoms with Gasteiger partial charge in [0.2, 0.25) is 0 Å². The van der Waals surface area contributed by atoms with E-state index in [2.05, 4.69) is 36.2 Å². The maximum absolute atomic E-state index is 4.75. The summed E-state index contributed by atoms with van der Waals surface area (Å²) in [5, 5.41) is 2.19. The lowest BCUT2D eigenvalue weighted by Crippen LogP contribution is -1.87. The Morgan fingerprint density at radius 3 is 2.38 bits per heavy atom. The van der Waals surface area contributed by atoms with Gasteiger partial charge in [-0.1, -0.05) is 30.3 Å². The van der Waals surface area contributed by atoms with Gasteiger partial charge in [0.25, 0.3) is 0 Å². The van der Waals surface area contributed by atoms with E-state index in [9.17, 15) is 0 Å². The summed E-state index contributed by atoms with van der Waals surface area (Å²) in [5.41, 5.74) is 4.27. The highest BCUT2D eigenvalue weighted by molar-refractivity contribution is 7.21. The molecular weight excluding hydrogens is 300 g/mol. The van der Waals surface area contributed by atoms with Crippen molar-refractivity contribution in [1.29, 1.82) is 0 Å². The normalized spacial score (nSPS) is 10.7. The number of hydrogen-bond acceptors (Lipinski definition) is 3. The molecule has 0 amide bonds. The number of aromatic nitrogens is 2. The zero-order valence-corrected chi connectivity index (χ0v) is 13.0. The van der Waals surface area contributed by atoms with Gasteiger partial charge in [-0.3, -0.25) is 0 Å². The first kappa shape index (κ1) is 14.0. The third-order valence-electron chi connectivity index (χ3n) is 3.44. The van der Waals surface area contributed by atoms with E-state index in [4.69, 9.17) is 4.98 Å². The van der Waals surface area contributed by atoms with E-state index in [0.29, 0.717) is 0 Å². The van der Waals surface area contributed by atoms with E-state index in [-0.39, 0.29) is 12.4 Å². The number of halogens is 1. The van der Waals surface area contributed by atoms with Crippen molar-refractivity contribution >= 4 is 44.9 Å². The largest absolute Gasteiger partial charge is 0.245 e. The van der Waals surface area contributed by atoms with E-state index in [0.717, 1.165) is 21.7 Å². The molecule has 0 aliphatic rings. The predicted molar refractivity (Wildman–Crippen MR) is 92.3 cm³/mol. The zero-order valence-electron chi connectivity index (χ0n) is 11.4. The number of hydrogen-bond donors (Lipinski definition) is 0. The van der Waals surface area contributed by atoms with Crippen molar-refractivity contribution in [3.63, 3.8) is 0 Å². The number of para-hydroxylation sites is 2. The van der Waals surface area contributed by atoms with Crippen LogP contribution in [0.3, 0.4) is 0 Å². The van der Waals surface area contributed by atoms with Gasteiger partial charge in [0.05, 0.1) is 21.4 Å². The van der Waals surface area contributed by atoms with Gasteiger partial charge in [-0.25, -0.2) is 9.97 Å². The lowest BCUT2D eigenvalue weighted by Gasteiger charge is -2.03. The van der Waals surface area contributed by atoms with Crippen LogP contribution in [0.1, 0.15) is 5.56 Å². The Morgan fingerprint density at radius 2 is 1.57 bits per heavy atom. The number of benzene rings is 2. The molecule has 0 N–H and O–H groups in total. The van der Waals surface area contributed by atoms with E-state index in [1.54, 1.807) is 11.3 Å². The van der Waals surface area contributed by atoms with Gasteiger partial charge < -0.3 is 0 Å². The van der Waals surface area contributed by atoms with Crippen LogP contribution >= 0.6 is 23.7 Å². The quantitative estimate of drug-likeness (QED) is 0.480. The Bertz CT molecular complexity index is 897. The first-order valence-corrected chi connectivity index (χ1v) is 7.35. The van der Waals surface area contributed by atoms with Crippen LogP contribution in [0.5, 0.6) is 0 Å². The van der Waals surface area contributed by atoms with Crippen LogP contribution in [-0.2, 0) is 0 Å². The summed E-state index contributed by atoms with van der Waals surface area (Å²) in [6.07, 6.45) is 0. The van der Waals surface area contributed by atoms with Crippen LogP contribution < -0.4 is 0 Å². The first-order chi connectivity index (χ1) is 9.81. The molecule has 2 heterocycles. The molecule has 21 heavy (non-hydrogen) atoms. The second-order valence-corrected chi connectivity index (χ2v) is 5.86. The molecular formula is C17H13ClN2S. The van der Waals surface area contributed by atoms with Crippen LogP contribution in [0.2, 0.25) is 0 Å². The molecule has 0 atom stereocenters. The molecule has 0 unspecified atom stereocenters. The standard InChI is InChI=1S/C17H12N2S.ClH/c1-11-10-15(18-13-7-3-2-6-12(11)13)17-19-14-8-4-5-9-16(14)20-17;/h2-10H,1H3;1H. The Labute approximate surface area is 132 Å². The molecule has 0 spiro atoms. The molecule has 4 rings (SSSR count). The van der Waals surface area contributed by atoms with E-state index in [1.165, 1.54) is 15.6 Å². The van der Waals surface area contributed by atoms with E-state index in [1.807, 2.05) is 30.3 Å². The van der Waals surface area contributed by atoms with Gasteiger partial charge in [-0.05, 0) is 36.8 Å². The third kappa shape index (κ3) is 2.39. The van der Waals surface area contributed by atoms with Gasteiger partial charge >= 0.3 is 0 Å². The second kappa shape index (κ2) is 5.43. The van der Waals surface area contributed by atoms with Gasteiger partial charge in [0.15, 0.2) is 0 Å². The molecule has 2 aromatic carbocycles. The number of pyridine rings is 1. The minimum atomic E-state index is 0. The molecule has 0 aliphatic carbocycles. The third-order valence-corrected chi connectivity index (χ3v) is 4.49. The van der Waals surface area contributed by atoms with Gasteiger partial charge in [0, 0.05) is 5.39 Å². The average Bonchev–Trinajstić information content (AvgIpc) is 2.91. The van der Waals surface area contributed by atoms with Crippen molar-refractivity contribution in [3.05, 3.63) is 60.2 Å². The highest BCUT2D eigenvalue weighted by atomic mass is 35.5. The minimum Gasteiger partial charge on any atom is -0.245 e. The fraction of sp³-hybridized carbons (Fsp3) is 0.0588. The smallest absolute Gasteiger partial charge is 0.143 e. The molecule has 2 nitrogen and oxygen atoms in total. The molecule has 2 aromatic heterocycles. The monoisotopic (exact) mass is 312 g/mol. The van der Waals surface area contributed by atoms with Gasteiger partial charge in [0.1, 0.15) is 5.01 Å². The lowest BCUT2D eigenvalue weighted by atomic mass is 10.1. The SMILES string of the molecule is Cc1cc(-c2nc3ccccc3s2)nc2ccccc12.Cl. The Balaban J connectivity index is 0.00000132.